The number of fused-ring (bicyclic) bond motifs is 2. The zero-order valence-electron chi connectivity index (χ0n) is 21.1. The fraction of sp³-hybridized carbons (Fsp3) is 0.357. The second-order valence-corrected chi connectivity index (χ2v) is 11.7. The van der Waals surface area contributed by atoms with E-state index in [2.05, 4.69) is 22.4 Å². The highest BCUT2D eigenvalue weighted by molar-refractivity contribution is 7.16. The fourth-order valence-corrected chi connectivity index (χ4v) is 6.78. The van der Waals surface area contributed by atoms with Crippen LogP contribution in [0.1, 0.15) is 34.2 Å². The number of nitriles is 1. The topological polar surface area (TPSA) is 101 Å². The van der Waals surface area contributed by atoms with Crippen molar-refractivity contribution in [1.82, 2.24) is 20.3 Å². The van der Waals surface area contributed by atoms with Crippen molar-refractivity contribution >= 4 is 39.0 Å². The molecule has 1 aliphatic carbocycles. The highest BCUT2D eigenvalue weighted by Gasteiger charge is 2.48. The maximum absolute atomic E-state index is 13.5. The van der Waals surface area contributed by atoms with E-state index in [1.54, 1.807) is 12.1 Å². The number of aliphatic hydroxyl groups excluding tert-OH is 1. The van der Waals surface area contributed by atoms with E-state index in [4.69, 9.17) is 15.0 Å². The van der Waals surface area contributed by atoms with Gasteiger partial charge in [-0.25, -0.2) is 19.3 Å². The van der Waals surface area contributed by atoms with Crippen molar-refractivity contribution in [2.75, 3.05) is 43.0 Å². The maximum Gasteiger partial charge on any atom is 0.191 e. The monoisotopic (exact) mass is 527 g/mol. The van der Waals surface area contributed by atoms with Crippen molar-refractivity contribution in [3.8, 4) is 17.3 Å². The Labute approximate surface area is 223 Å². The highest BCUT2D eigenvalue weighted by atomic mass is 32.1. The molecule has 192 valence electrons. The number of hydrogen-bond acceptors (Lipinski definition) is 9. The van der Waals surface area contributed by atoms with Crippen LogP contribution in [0.2, 0.25) is 0 Å². The Morgan fingerprint density at radius 3 is 2.63 bits per heavy atom. The van der Waals surface area contributed by atoms with Crippen molar-refractivity contribution in [1.29, 1.82) is 5.26 Å². The molecule has 38 heavy (non-hydrogen) atoms. The SMILES string of the molecule is Cc1cc(N2CC3(CNC3)C2)nc2c(N(C)c3nc(-c4ccc(F)cc4)c(C#N)s3)c3c(nc12)C(O)CC3. The van der Waals surface area contributed by atoms with Crippen LogP contribution in [0.3, 0.4) is 0 Å². The van der Waals surface area contributed by atoms with E-state index in [0.717, 1.165) is 59.8 Å². The van der Waals surface area contributed by atoms with Crippen LogP contribution in [0.4, 0.5) is 21.0 Å². The van der Waals surface area contributed by atoms with Crippen LogP contribution in [0, 0.1) is 29.5 Å². The van der Waals surface area contributed by atoms with Gasteiger partial charge in [-0.05, 0) is 55.7 Å². The van der Waals surface area contributed by atoms with Crippen LogP contribution in [0.15, 0.2) is 30.3 Å². The van der Waals surface area contributed by atoms with E-state index >= 15 is 0 Å². The van der Waals surface area contributed by atoms with Gasteiger partial charge in [0.25, 0.3) is 0 Å². The Balaban J connectivity index is 1.37. The van der Waals surface area contributed by atoms with E-state index in [-0.39, 0.29) is 5.82 Å². The lowest BCUT2D eigenvalue weighted by molar-refractivity contribution is 0.120. The Hall–Kier alpha value is -3.65. The Morgan fingerprint density at radius 1 is 1.18 bits per heavy atom. The normalized spacial score (nSPS) is 19.2. The number of pyridine rings is 2. The molecular formula is C28H26FN7OS. The van der Waals surface area contributed by atoms with Crippen molar-refractivity contribution in [3.05, 3.63) is 57.8 Å². The summed E-state index contributed by atoms with van der Waals surface area (Å²) in [4.78, 5) is 19.6. The first-order valence-electron chi connectivity index (χ1n) is 12.7. The van der Waals surface area contributed by atoms with E-state index < -0.39 is 6.10 Å². The third-order valence-corrected chi connectivity index (χ3v) is 9.08. The molecule has 8 nitrogen and oxygen atoms in total. The minimum Gasteiger partial charge on any atom is -0.387 e. The number of nitrogens with one attached hydrogen (secondary N) is 1. The predicted molar refractivity (Wildman–Crippen MR) is 145 cm³/mol. The summed E-state index contributed by atoms with van der Waals surface area (Å²) in [5.74, 6) is 0.600. The van der Waals surface area contributed by atoms with Gasteiger partial charge in [0.2, 0.25) is 0 Å². The van der Waals surface area contributed by atoms with Gasteiger partial charge in [-0.15, -0.1) is 0 Å². The van der Waals surface area contributed by atoms with Gasteiger partial charge in [0.15, 0.2) is 5.13 Å². The van der Waals surface area contributed by atoms with Crippen molar-refractivity contribution in [2.45, 2.75) is 25.9 Å². The van der Waals surface area contributed by atoms with Gasteiger partial charge < -0.3 is 20.2 Å². The number of thiazole rings is 1. The van der Waals surface area contributed by atoms with Gasteiger partial charge in [-0.3, -0.25) is 0 Å². The number of nitrogens with zero attached hydrogens (tertiary/aromatic N) is 6. The van der Waals surface area contributed by atoms with Gasteiger partial charge >= 0.3 is 0 Å². The molecule has 3 aliphatic rings. The van der Waals surface area contributed by atoms with E-state index in [1.807, 2.05) is 18.9 Å². The molecule has 1 atom stereocenters. The summed E-state index contributed by atoms with van der Waals surface area (Å²) in [5.41, 5.74) is 6.68. The van der Waals surface area contributed by atoms with Crippen molar-refractivity contribution in [2.24, 2.45) is 5.41 Å². The van der Waals surface area contributed by atoms with Gasteiger partial charge in [-0.2, -0.15) is 5.26 Å². The summed E-state index contributed by atoms with van der Waals surface area (Å²) in [5, 5.41) is 24.6. The number of rotatable bonds is 4. The first kappa shape index (κ1) is 23.5. The molecule has 1 spiro atoms. The second kappa shape index (κ2) is 8.43. The van der Waals surface area contributed by atoms with Crippen LogP contribution < -0.4 is 15.1 Å². The van der Waals surface area contributed by atoms with Crippen LogP contribution in [-0.2, 0) is 6.42 Å². The van der Waals surface area contributed by atoms with E-state index in [0.29, 0.717) is 45.2 Å². The zero-order valence-corrected chi connectivity index (χ0v) is 21.9. The molecule has 4 aromatic rings. The molecule has 2 saturated heterocycles. The summed E-state index contributed by atoms with van der Waals surface area (Å²) >= 11 is 1.29. The Morgan fingerprint density at radius 2 is 1.95 bits per heavy atom. The number of benzene rings is 1. The molecule has 5 heterocycles. The smallest absolute Gasteiger partial charge is 0.191 e. The number of anilines is 3. The van der Waals surface area contributed by atoms with Gasteiger partial charge in [0.05, 0.1) is 23.0 Å². The molecule has 10 heteroatoms. The third kappa shape index (κ3) is 3.50. The molecule has 0 radical (unpaired) electrons. The lowest BCUT2D eigenvalue weighted by atomic mass is 9.74. The number of hydrogen-bond donors (Lipinski definition) is 2. The summed E-state index contributed by atoms with van der Waals surface area (Å²) in [6.07, 6.45) is 0.668. The largest absolute Gasteiger partial charge is 0.387 e. The predicted octanol–water partition coefficient (Wildman–Crippen LogP) is 4.23. The second-order valence-electron chi connectivity index (χ2n) is 10.7. The number of aliphatic hydroxyl groups is 1. The average molecular weight is 528 g/mol. The van der Waals surface area contributed by atoms with Gasteiger partial charge in [-0.1, -0.05) is 11.3 Å². The third-order valence-electron chi connectivity index (χ3n) is 8.04. The van der Waals surface area contributed by atoms with Crippen molar-refractivity contribution < 1.29 is 9.50 Å². The summed E-state index contributed by atoms with van der Waals surface area (Å²) in [6, 6.07) is 10.4. The molecule has 1 aromatic carbocycles. The molecule has 3 aromatic heterocycles. The average Bonchev–Trinajstić information content (AvgIpc) is 3.45. The molecule has 0 amide bonds. The Bertz CT molecular complexity index is 1630. The lowest BCUT2D eigenvalue weighted by Gasteiger charge is -2.56. The summed E-state index contributed by atoms with van der Waals surface area (Å²) in [6.45, 7) is 6.12. The van der Waals surface area contributed by atoms with Crippen molar-refractivity contribution in [3.63, 3.8) is 0 Å². The molecule has 2 aliphatic heterocycles. The summed E-state index contributed by atoms with van der Waals surface area (Å²) < 4.78 is 13.5. The van der Waals surface area contributed by atoms with Gasteiger partial charge in [0.1, 0.15) is 33.8 Å². The standard InChI is InChI=1S/C28H26FN7OS/c1-15-9-21(36-13-28(14-36)11-31-12-28)32-25-22(15)33-24-18(7-8-19(24)37)26(25)35(2)27-34-23(20(10-30)38-27)16-3-5-17(29)6-4-16/h3-6,9,19,31,37H,7-8,11-14H2,1-2H3. The summed E-state index contributed by atoms with van der Waals surface area (Å²) in [7, 11) is 1.93. The first-order chi connectivity index (χ1) is 18.4. The quantitative estimate of drug-likeness (QED) is 0.407. The Kier molecular flexibility index (Phi) is 5.20. The van der Waals surface area contributed by atoms with Crippen LogP contribution in [-0.4, -0.2) is 53.3 Å². The van der Waals surface area contributed by atoms with Gasteiger partial charge in [0, 0.05) is 49.8 Å². The first-order valence-corrected chi connectivity index (χ1v) is 13.6. The molecule has 1 unspecified atom stereocenters. The van der Waals surface area contributed by atoms with Crippen LogP contribution in [0.25, 0.3) is 22.3 Å². The molecular weight excluding hydrogens is 501 g/mol. The minimum atomic E-state index is -0.622. The fourth-order valence-electron chi connectivity index (χ4n) is 5.92. The molecule has 0 saturated carbocycles. The minimum absolute atomic E-state index is 0.337. The van der Waals surface area contributed by atoms with E-state index in [9.17, 15) is 14.8 Å². The number of aryl methyl sites for hydroxylation is 1. The molecule has 0 bridgehead atoms. The van der Waals surface area contributed by atoms with Crippen LogP contribution in [0.5, 0.6) is 0 Å². The number of aromatic nitrogens is 3. The highest BCUT2D eigenvalue weighted by Crippen LogP contribution is 2.45. The number of halogens is 1. The molecule has 7 rings (SSSR count). The molecule has 2 N–H and O–H groups in total. The van der Waals surface area contributed by atoms with E-state index in [1.165, 1.54) is 23.5 Å². The lowest BCUT2D eigenvalue weighted by Crippen LogP contribution is -2.71. The zero-order chi connectivity index (χ0) is 26.2. The van der Waals surface area contributed by atoms with Crippen LogP contribution >= 0.6 is 11.3 Å². The maximum atomic E-state index is 13.5. The molecule has 2 fully saturated rings.